The maximum atomic E-state index is 13.7. The number of nitrogens with one attached hydrogen (secondary N) is 1. The number of ether oxygens (including phenoxy) is 5. The van der Waals surface area contributed by atoms with E-state index in [0.717, 1.165) is 18.8 Å². The Hall–Kier alpha value is -1.71. The molecule has 46 heavy (non-hydrogen) atoms. The number of carbonyl (C=O) groups is 3. The van der Waals surface area contributed by atoms with Gasteiger partial charge in [0.2, 0.25) is 0 Å². The Morgan fingerprint density at radius 2 is 1.78 bits per heavy atom. The fourth-order valence-corrected chi connectivity index (χ4v) is 7.60. The molecule has 0 radical (unpaired) electrons. The van der Waals surface area contributed by atoms with Crippen LogP contribution < -0.4 is 5.32 Å². The van der Waals surface area contributed by atoms with Crippen LogP contribution >= 0.6 is 0 Å². The third-order valence-corrected chi connectivity index (χ3v) is 11.0. The Morgan fingerprint density at radius 3 is 2.37 bits per heavy atom. The van der Waals surface area contributed by atoms with Gasteiger partial charge in [0.1, 0.15) is 17.5 Å². The normalized spacial score (nSPS) is 33.8. The molecular weight excluding hydrogens is 586 g/mol. The number of ketones is 1. The van der Waals surface area contributed by atoms with Crippen LogP contribution in [0.15, 0.2) is 0 Å². The van der Waals surface area contributed by atoms with Crippen molar-refractivity contribution in [1.29, 1.82) is 0 Å². The largest absolute Gasteiger partial charge is 0.458 e. The first-order chi connectivity index (χ1) is 21.5. The number of alkyl carbamates (subject to hydrolysis) is 1. The lowest BCUT2D eigenvalue weighted by Gasteiger charge is -2.43. The lowest BCUT2D eigenvalue weighted by Crippen LogP contribution is -2.58. The zero-order valence-electron chi connectivity index (χ0n) is 30.7. The van der Waals surface area contributed by atoms with Crippen molar-refractivity contribution >= 4 is 17.8 Å². The number of carbonyl (C=O) groups excluding carboxylic acids is 3. The van der Waals surface area contributed by atoms with Crippen molar-refractivity contribution in [2.75, 3.05) is 7.11 Å². The molecule has 9 heteroatoms. The summed E-state index contributed by atoms with van der Waals surface area (Å²) in [5.41, 5.74) is -1.85. The molecule has 0 aromatic heterocycles. The van der Waals surface area contributed by atoms with E-state index in [1.807, 2.05) is 27.7 Å². The molecule has 2 saturated heterocycles. The number of hydrogen-bond acceptors (Lipinski definition) is 8. The highest BCUT2D eigenvalue weighted by molar-refractivity contribution is 5.83. The van der Waals surface area contributed by atoms with Gasteiger partial charge in [-0.05, 0) is 78.1 Å². The second kappa shape index (κ2) is 16.6. The molecule has 3 aliphatic rings. The molecule has 1 N–H and O–H groups in total. The average molecular weight is 652 g/mol. The summed E-state index contributed by atoms with van der Waals surface area (Å²) in [5, 5.41) is 3.06. The van der Waals surface area contributed by atoms with Crippen molar-refractivity contribution in [3.8, 4) is 0 Å². The summed E-state index contributed by atoms with van der Waals surface area (Å²) in [7, 11) is 1.63. The summed E-state index contributed by atoms with van der Waals surface area (Å²) < 4.78 is 30.8. The molecule has 1 saturated carbocycles. The molecule has 0 spiro atoms. The molecule has 9 nitrogen and oxygen atoms in total. The van der Waals surface area contributed by atoms with Gasteiger partial charge in [-0.25, -0.2) is 4.79 Å². The van der Waals surface area contributed by atoms with Gasteiger partial charge in [-0.15, -0.1) is 0 Å². The molecule has 266 valence electrons. The Morgan fingerprint density at radius 1 is 1.11 bits per heavy atom. The van der Waals surface area contributed by atoms with E-state index in [4.69, 9.17) is 23.7 Å². The van der Waals surface area contributed by atoms with Gasteiger partial charge in [0.15, 0.2) is 6.29 Å². The maximum Gasteiger partial charge on any atom is 0.408 e. The molecule has 5 unspecified atom stereocenters. The van der Waals surface area contributed by atoms with Crippen molar-refractivity contribution in [1.82, 2.24) is 5.32 Å². The molecule has 1 aliphatic carbocycles. The fourth-order valence-electron chi connectivity index (χ4n) is 7.60. The quantitative estimate of drug-likeness (QED) is 0.180. The summed E-state index contributed by atoms with van der Waals surface area (Å²) in [6.07, 6.45) is 6.51. The molecule has 0 aromatic carbocycles. The van der Waals surface area contributed by atoms with E-state index in [0.29, 0.717) is 37.5 Å². The van der Waals surface area contributed by atoms with Crippen molar-refractivity contribution in [3.05, 3.63) is 0 Å². The van der Waals surface area contributed by atoms with Crippen LogP contribution in [0.5, 0.6) is 0 Å². The highest BCUT2D eigenvalue weighted by atomic mass is 16.7. The van der Waals surface area contributed by atoms with Gasteiger partial charge in [0.05, 0.1) is 29.8 Å². The van der Waals surface area contributed by atoms with Crippen LogP contribution in [-0.4, -0.2) is 66.8 Å². The summed E-state index contributed by atoms with van der Waals surface area (Å²) >= 11 is 0. The van der Waals surface area contributed by atoms with Crippen LogP contribution in [0.1, 0.15) is 133 Å². The van der Waals surface area contributed by atoms with Crippen molar-refractivity contribution in [2.24, 2.45) is 35.5 Å². The highest BCUT2D eigenvalue weighted by Crippen LogP contribution is 2.37. The molecule has 0 bridgehead atoms. The average Bonchev–Trinajstić information content (AvgIpc) is 3.80. The van der Waals surface area contributed by atoms with E-state index in [2.05, 4.69) is 26.1 Å². The minimum Gasteiger partial charge on any atom is -0.458 e. The van der Waals surface area contributed by atoms with Crippen molar-refractivity contribution < 1.29 is 38.1 Å². The number of hydrogen-bond donors (Lipinski definition) is 1. The second-order valence-corrected chi connectivity index (χ2v) is 15.9. The summed E-state index contributed by atoms with van der Waals surface area (Å²) in [5.74, 6) is 0.385. The van der Waals surface area contributed by atoms with Gasteiger partial charge in [-0.2, -0.15) is 0 Å². The van der Waals surface area contributed by atoms with Crippen LogP contribution in [0.25, 0.3) is 0 Å². The van der Waals surface area contributed by atoms with E-state index in [-0.39, 0.29) is 23.7 Å². The Balaban J connectivity index is 1.84. The van der Waals surface area contributed by atoms with Gasteiger partial charge in [-0.3, -0.25) is 9.59 Å². The van der Waals surface area contributed by atoms with Gasteiger partial charge in [0, 0.05) is 25.4 Å². The smallest absolute Gasteiger partial charge is 0.408 e. The van der Waals surface area contributed by atoms with Crippen LogP contribution in [0.3, 0.4) is 0 Å². The summed E-state index contributed by atoms with van der Waals surface area (Å²) in [6.45, 7) is 19.6. The van der Waals surface area contributed by atoms with Crippen LogP contribution in [-0.2, 0) is 33.3 Å². The molecule has 2 heterocycles. The lowest BCUT2D eigenvalue weighted by atomic mass is 9.77. The standard InChI is InChI=1S/C37H65NO8/c1-12-30-36(8,9)46-35(41)38-29(33(27(7)34(40)44-30)45-31-19-22(2)18-25(5)43-31)21-37(10,42-11)20-24(4)32(39)26(6)23(3)14-13-15-28-16-17-28/h22-31,33H,12-21H2,1-11H3,(H,38,41)/t22?,23?,24-,25?,26?,27?,29-,30-,31+,33-,37-/m1/s1. The Kier molecular flexibility index (Phi) is 14.0. The number of esters is 1. The first-order valence-electron chi connectivity index (χ1n) is 18.1. The molecule has 1 amide bonds. The number of Topliss-reactive ketones (excluding diaryl/α,β-unsaturated/α-hetero) is 1. The van der Waals surface area contributed by atoms with Crippen LogP contribution in [0, 0.1) is 35.5 Å². The van der Waals surface area contributed by atoms with Crippen LogP contribution in [0.4, 0.5) is 4.79 Å². The molecule has 2 aliphatic heterocycles. The van der Waals surface area contributed by atoms with Crippen LogP contribution in [0.2, 0.25) is 0 Å². The van der Waals surface area contributed by atoms with E-state index in [1.165, 1.54) is 25.7 Å². The Labute approximate surface area is 278 Å². The lowest BCUT2D eigenvalue weighted by molar-refractivity contribution is -0.238. The zero-order valence-corrected chi connectivity index (χ0v) is 30.7. The third-order valence-electron chi connectivity index (χ3n) is 11.0. The number of amides is 1. The topological polar surface area (TPSA) is 109 Å². The van der Waals surface area contributed by atoms with Gasteiger partial charge in [0.25, 0.3) is 0 Å². The highest BCUT2D eigenvalue weighted by Gasteiger charge is 2.46. The SMILES string of the molecule is CC[C@H]1OC(=O)C(C)[C@@H](O[C@H]2CC(C)CC(C)O2)[C@@H](C[C@@](C)(C[C@@H](C)C(=O)C(C)C(C)CCCC2CC2)OC)NC(=O)OC1(C)C. The van der Waals surface area contributed by atoms with E-state index in [1.54, 1.807) is 27.9 Å². The van der Waals surface area contributed by atoms with Crippen molar-refractivity contribution in [2.45, 2.75) is 175 Å². The van der Waals surface area contributed by atoms with Gasteiger partial charge >= 0.3 is 12.1 Å². The first kappa shape index (κ1) is 38.7. The van der Waals surface area contributed by atoms with Gasteiger partial charge < -0.3 is 29.0 Å². The van der Waals surface area contributed by atoms with E-state index in [9.17, 15) is 14.4 Å². The fraction of sp³-hybridized carbons (Fsp3) is 0.919. The minimum atomic E-state index is -1.04. The molecular formula is C37H65NO8. The second-order valence-electron chi connectivity index (χ2n) is 15.9. The van der Waals surface area contributed by atoms with E-state index < -0.39 is 53.7 Å². The summed E-state index contributed by atoms with van der Waals surface area (Å²) in [6, 6.07) is -0.689. The maximum absolute atomic E-state index is 13.7. The molecule has 3 rings (SSSR count). The van der Waals surface area contributed by atoms with Gasteiger partial charge in [-0.1, -0.05) is 66.7 Å². The summed E-state index contributed by atoms with van der Waals surface area (Å²) in [4.78, 5) is 40.8. The number of methoxy groups -OCH3 is 1. The molecule has 3 fully saturated rings. The molecule has 0 aromatic rings. The Bertz CT molecular complexity index is 1000. The van der Waals surface area contributed by atoms with E-state index >= 15 is 0 Å². The monoisotopic (exact) mass is 651 g/mol. The number of rotatable bonds is 15. The number of cyclic esters (lactones) is 2. The zero-order chi connectivity index (χ0) is 34.4. The molecule has 11 atom stereocenters. The van der Waals surface area contributed by atoms with Crippen molar-refractivity contribution in [3.63, 3.8) is 0 Å². The third kappa shape index (κ3) is 10.9. The minimum absolute atomic E-state index is 0.00591. The first-order valence-corrected chi connectivity index (χ1v) is 18.1. The predicted molar refractivity (Wildman–Crippen MR) is 178 cm³/mol. The predicted octanol–water partition coefficient (Wildman–Crippen LogP) is 7.62.